The van der Waals surface area contributed by atoms with Gasteiger partial charge in [-0.15, -0.1) is 24.2 Å². The molecule has 0 saturated carbocycles. The van der Waals surface area contributed by atoms with Crippen molar-refractivity contribution in [3.8, 4) is 5.75 Å². The number of rotatable bonds is 5. The van der Waals surface area contributed by atoms with Gasteiger partial charge in [0.05, 0.1) is 12.9 Å². The first-order chi connectivity index (χ1) is 9.24. The van der Waals surface area contributed by atoms with E-state index in [0.29, 0.717) is 12.3 Å². The zero-order chi connectivity index (χ0) is 13.7. The number of nitrogens with zero attached hydrogens (tertiary/aromatic N) is 1. The summed E-state index contributed by atoms with van der Waals surface area (Å²) in [5.41, 5.74) is 5.69. The molecule has 0 spiro atoms. The van der Waals surface area contributed by atoms with Gasteiger partial charge in [0, 0.05) is 24.0 Å². The van der Waals surface area contributed by atoms with E-state index < -0.39 is 0 Å². The summed E-state index contributed by atoms with van der Waals surface area (Å²) in [6.07, 6.45) is 2.11. The van der Waals surface area contributed by atoms with E-state index in [2.05, 4.69) is 0 Å². The minimum atomic E-state index is 0. The van der Waals surface area contributed by atoms with Gasteiger partial charge in [-0.3, -0.25) is 4.79 Å². The summed E-state index contributed by atoms with van der Waals surface area (Å²) in [5, 5.41) is 0. The minimum Gasteiger partial charge on any atom is -0.497 e. The van der Waals surface area contributed by atoms with Crippen molar-refractivity contribution in [2.24, 2.45) is 5.73 Å². The van der Waals surface area contributed by atoms with E-state index in [1.165, 1.54) is 0 Å². The van der Waals surface area contributed by atoms with Crippen molar-refractivity contribution in [3.63, 3.8) is 0 Å². The third-order valence-corrected chi connectivity index (χ3v) is 4.39. The van der Waals surface area contributed by atoms with E-state index in [-0.39, 0.29) is 24.4 Å². The maximum atomic E-state index is 12.1. The lowest BCUT2D eigenvalue weighted by Crippen LogP contribution is -2.40. The predicted molar refractivity (Wildman–Crippen MR) is 84.8 cm³/mol. The van der Waals surface area contributed by atoms with E-state index in [9.17, 15) is 4.79 Å². The largest absolute Gasteiger partial charge is 0.497 e. The summed E-state index contributed by atoms with van der Waals surface area (Å²) < 4.78 is 5.11. The van der Waals surface area contributed by atoms with E-state index in [1.807, 2.05) is 29.2 Å². The molecular formula is C14H21ClN2O2S. The van der Waals surface area contributed by atoms with E-state index in [4.69, 9.17) is 10.5 Å². The molecule has 1 atom stereocenters. The van der Waals surface area contributed by atoms with E-state index in [1.54, 1.807) is 18.9 Å². The van der Waals surface area contributed by atoms with Gasteiger partial charge in [0.25, 0.3) is 0 Å². The molecule has 1 aliphatic heterocycles. The van der Waals surface area contributed by atoms with Gasteiger partial charge in [-0.25, -0.2) is 0 Å². The summed E-state index contributed by atoms with van der Waals surface area (Å²) in [6.45, 7) is 1.42. The highest BCUT2D eigenvalue weighted by atomic mass is 35.5. The van der Waals surface area contributed by atoms with Crippen LogP contribution < -0.4 is 10.5 Å². The molecule has 4 nitrogen and oxygen atoms in total. The van der Waals surface area contributed by atoms with Crippen molar-refractivity contribution in [2.45, 2.75) is 23.8 Å². The van der Waals surface area contributed by atoms with Crippen molar-refractivity contribution in [1.29, 1.82) is 0 Å². The normalized spacial score (nSPS) is 17.7. The Bertz CT molecular complexity index is 428. The number of amides is 1. The lowest BCUT2D eigenvalue weighted by Gasteiger charge is -2.23. The molecule has 1 saturated heterocycles. The van der Waals surface area contributed by atoms with Gasteiger partial charge in [-0.2, -0.15) is 0 Å². The lowest BCUT2D eigenvalue weighted by atomic mass is 10.2. The number of hydrogen-bond acceptors (Lipinski definition) is 4. The molecule has 1 amide bonds. The molecule has 0 aromatic heterocycles. The zero-order valence-electron chi connectivity index (χ0n) is 11.6. The van der Waals surface area contributed by atoms with Crippen LogP contribution in [0.5, 0.6) is 5.75 Å². The summed E-state index contributed by atoms with van der Waals surface area (Å²) >= 11 is 1.56. The first-order valence-electron chi connectivity index (χ1n) is 6.51. The molecule has 20 heavy (non-hydrogen) atoms. The van der Waals surface area contributed by atoms with E-state index in [0.717, 1.165) is 30.0 Å². The third-order valence-electron chi connectivity index (χ3n) is 3.39. The number of halogens is 1. The molecule has 1 unspecified atom stereocenters. The van der Waals surface area contributed by atoms with Crippen molar-refractivity contribution < 1.29 is 9.53 Å². The van der Waals surface area contributed by atoms with Gasteiger partial charge in [-0.1, -0.05) is 0 Å². The van der Waals surface area contributed by atoms with Gasteiger partial charge >= 0.3 is 0 Å². The van der Waals surface area contributed by atoms with Crippen LogP contribution in [0.3, 0.4) is 0 Å². The van der Waals surface area contributed by atoms with E-state index >= 15 is 0 Å². The molecule has 1 aromatic rings. The van der Waals surface area contributed by atoms with Crippen molar-refractivity contribution in [3.05, 3.63) is 24.3 Å². The number of methoxy groups -OCH3 is 1. The third kappa shape index (κ3) is 4.30. The Hall–Kier alpha value is -0.910. The standard InChI is InChI=1S/C14H20N2O2S.ClH/c1-18-12-4-6-13(7-5-12)19-10-14(17)16-8-2-3-11(16)9-15;/h4-7,11H,2-3,8-10,15H2,1H3;1H. The van der Waals surface area contributed by atoms with Crippen LogP contribution in [-0.4, -0.2) is 42.8 Å². The second kappa shape index (κ2) is 8.39. The van der Waals surface area contributed by atoms with Crippen LogP contribution in [0, 0.1) is 0 Å². The average Bonchev–Trinajstić information content (AvgIpc) is 2.93. The Balaban J connectivity index is 0.00000200. The molecule has 112 valence electrons. The SMILES string of the molecule is COc1ccc(SCC(=O)N2CCCC2CN)cc1.Cl. The van der Waals surface area contributed by atoms with Crippen LogP contribution in [0.1, 0.15) is 12.8 Å². The fourth-order valence-electron chi connectivity index (χ4n) is 2.31. The Morgan fingerprint density at radius 2 is 2.15 bits per heavy atom. The molecule has 2 N–H and O–H groups in total. The summed E-state index contributed by atoms with van der Waals surface area (Å²) in [7, 11) is 1.64. The van der Waals surface area contributed by atoms with Gasteiger partial charge in [0.15, 0.2) is 0 Å². The van der Waals surface area contributed by atoms with Crippen LogP contribution in [0.25, 0.3) is 0 Å². The van der Waals surface area contributed by atoms with Crippen LogP contribution in [0.4, 0.5) is 0 Å². The Morgan fingerprint density at radius 1 is 1.45 bits per heavy atom. The number of carbonyl (C=O) groups is 1. The maximum absolute atomic E-state index is 12.1. The van der Waals surface area contributed by atoms with Gasteiger partial charge in [0.2, 0.25) is 5.91 Å². The summed E-state index contributed by atoms with van der Waals surface area (Å²) in [5.74, 6) is 1.50. The van der Waals surface area contributed by atoms with Gasteiger partial charge < -0.3 is 15.4 Å². The number of nitrogens with two attached hydrogens (primary N) is 1. The van der Waals surface area contributed by atoms with Crippen LogP contribution >= 0.6 is 24.2 Å². The number of ether oxygens (including phenoxy) is 1. The number of hydrogen-bond donors (Lipinski definition) is 1. The van der Waals surface area contributed by atoms with Crippen LogP contribution in [0.2, 0.25) is 0 Å². The highest BCUT2D eigenvalue weighted by molar-refractivity contribution is 8.00. The first-order valence-corrected chi connectivity index (χ1v) is 7.49. The Morgan fingerprint density at radius 3 is 2.75 bits per heavy atom. The average molecular weight is 317 g/mol. The van der Waals surface area contributed by atoms with Crippen molar-refractivity contribution >= 4 is 30.1 Å². The molecule has 1 aromatic carbocycles. The number of carbonyl (C=O) groups excluding carboxylic acids is 1. The molecule has 0 radical (unpaired) electrons. The Kier molecular flexibility index (Phi) is 7.19. The molecule has 0 aliphatic carbocycles. The minimum absolute atomic E-state index is 0. The molecule has 1 fully saturated rings. The molecule has 1 heterocycles. The fraction of sp³-hybridized carbons (Fsp3) is 0.500. The Labute approximate surface area is 130 Å². The monoisotopic (exact) mass is 316 g/mol. The smallest absolute Gasteiger partial charge is 0.233 e. The number of likely N-dealkylation sites (tertiary alicyclic amines) is 1. The summed E-state index contributed by atoms with van der Waals surface area (Å²) in [6, 6.07) is 8.00. The van der Waals surface area contributed by atoms with Crippen molar-refractivity contribution in [1.82, 2.24) is 4.90 Å². The number of thioether (sulfide) groups is 1. The highest BCUT2D eigenvalue weighted by Crippen LogP contribution is 2.23. The molecule has 6 heteroatoms. The highest BCUT2D eigenvalue weighted by Gasteiger charge is 2.27. The van der Waals surface area contributed by atoms with Crippen LogP contribution in [0.15, 0.2) is 29.2 Å². The molecule has 0 bridgehead atoms. The fourth-order valence-corrected chi connectivity index (χ4v) is 3.09. The lowest BCUT2D eigenvalue weighted by molar-refractivity contribution is -0.128. The molecule has 1 aliphatic rings. The first kappa shape index (κ1) is 17.1. The molecule has 2 rings (SSSR count). The van der Waals surface area contributed by atoms with Gasteiger partial charge in [-0.05, 0) is 37.1 Å². The second-order valence-electron chi connectivity index (χ2n) is 4.58. The summed E-state index contributed by atoms with van der Waals surface area (Å²) in [4.78, 5) is 15.1. The second-order valence-corrected chi connectivity index (χ2v) is 5.63. The maximum Gasteiger partial charge on any atom is 0.233 e. The van der Waals surface area contributed by atoms with Crippen molar-refractivity contribution in [2.75, 3.05) is 26.0 Å². The quantitative estimate of drug-likeness (QED) is 0.846. The topological polar surface area (TPSA) is 55.6 Å². The zero-order valence-corrected chi connectivity index (χ0v) is 13.2. The molecular weight excluding hydrogens is 296 g/mol. The van der Waals surface area contributed by atoms with Crippen LogP contribution in [-0.2, 0) is 4.79 Å². The predicted octanol–water partition coefficient (Wildman–Crippen LogP) is 2.16. The van der Waals surface area contributed by atoms with Gasteiger partial charge in [0.1, 0.15) is 5.75 Å². The number of benzene rings is 1.